The first-order valence-corrected chi connectivity index (χ1v) is 22.3. The molecule has 0 saturated carbocycles. The normalized spacial score (nSPS) is 5.16. The van der Waals surface area contributed by atoms with Gasteiger partial charge in [-0.1, -0.05) is 166 Å². The van der Waals surface area contributed by atoms with Crippen LogP contribution in [0.5, 0.6) is 0 Å². The Morgan fingerprint density at radius 1 is 0.519 bits per heavy atom. The molecule has 1 heterocycles. The zero-order valence-corrected chi connectivity index (χ0v) is 81.1. The van der Waals surface area contributed by atoms with Crippen LogP contribution < -0.4 is 38.9 Å². The minimum absolute atomic E-state index is 0. The third kappa shape index (κ3) is 758. The van der Waals surface area contributed by atoms with E-state index in [1.807, 2.05) is 152 Å². The fraction of sp³-hybridized carbons (Fsp3) is 0.736. The van der Waals surface area contributed by atoms with Crippen molar-refractivity contribution in [2.75, 3.05) is 74.5 Å². The standard InChI is InChI=1S/C5H12N2O.C4H8N2O.C4H7NO.2C3H9N.C2H3NO.10C2H6.2CH5N.10CH3.5B.5U/c1-3-4-7-5(8)6-2;1-6-3-2-5-4(6)7;1-2-3-5-4-6;2*1-2-3-4;1-3-2-4;12*1-2;;;;;;;;;;;;;;;;;;;;/h3-4H2,1-2H3,(H2,6,7,8);2-3H2,1H3,(H,5,7);2-3H2,1H3;2*2-4H2,1H3;1H3;10*1-2H3;2*2H2,1H3;10*1H3;;;;;;;;;;/q;;;;;;;;;;;;;;;;;;10*-1;;;;;;5*+2. The number of hydrogen-bond acceptors (Lipinski definition) is 10. The molecule has 0 unspecified atom stereocenters. The molecule has 77 heavy (non-hydrogen) atoms. The van der Waals surface area contributed by atoms with Crippen LogP contribution in [0.25, 0.3) is 0 Å². The number of aliphatic imine (C=N–C) groups is 2. The molecule has 0 spiro atoms. The summed E-state index contributed by atoms with van der Waals surface area (Å²) in [6, 6.07) is -0.0631. The number of amides is 4. The summed E-state index contributed by atoms with van der Waals surface area (Å²) < 4.78 is 0. The molecular weight excluding hydrogens is 2080 g/mol. The van der Waals surface area contributed by atoms with Crippen LogP contribution in [-0.2, 0) is 9.59 Å². The molecule has 0 atom stereocenters. The van der Waals surface area contributed by atoms with E-state index in [1.54, 1.807) is 19.0 Å². The summed E-state index contributed by atoms with van der Waals surface area (Å²) in [5.74, 6) is 0. The molecule has 469 valence electrons. The molecule has 1 aliphatic heterocycles. The van der Waals surface area contributed by atoms with Gasteiger partial charge in [-0.3, -0.25) is 0 Å². The summed E-state index contributed by atoms with van der Waals surface area (Å²) in [7, 11) is 7.76. The minimum atomic E-state index is -0.105. The molecule has 4 amide bonds. The van der Waals surface area contributed by atoms with Gasteiger partial charge in [0.2, 0.25) is 12.2 Å². The Hall–Kier alpha value is 2.72. The van der Waals surface area contributed by atoms with Crippen molar-refractivity contribution in [2.45, 2.75) is 192 Å². The Kier molecular flexibility index (Phi) is 2030. The largest absolute Gasteiger partial charge is 2.00 e. The molecule has 1 rings (SSSR count). The van der Waals surface area contributed by atoms with E-state index in [2.05, 4.69) is 51.2 Å². The van der Waals surface area contributed by atoms with Crippen LogP contribution in [0.2, 0.25) is 0 Å². The quantitative estimate of drug-likeness (QED) is 0.0583. The Bertz CT molecular complexity index is 559. The Balaban J connectivity index is -0.00000000634. The van der Waals surface area contributed by atoms with Crippen molar-refractivity contribution in [3.05, 3.63) is 74.3 Å². The Labute approximate surface area is 627 Å². The molecule has 14 nitrogen and oxygen atoms in total. The number of hydrogen-bond donors (Lipinski definition) is 7. The molecule has 0 aromatic heterocycles. The summed E-state index contributed by atoms with van der Waals surface area (Å²) in [6.45, 7) is 52.7. The number of likely N-dealkylation sites (N-methyl/N-ethyl adjacent to an activating group) is 1. The fourth-order valence-electron chi connectivity index (χ4n) is 1.05. The van der Waals surface area contributed by atoms with Gasteiger partial charge in [0, 0.05) is 82.8 Å². The van der Waals surface area contributed by atoms with Gasteiger partial charge in [0.05, 0.1) is 6.54 Å². The molecule has 11 N–H and O–H groups in total. The van der Waals surface area contributed by atoms with E-state index in [1.165, 1.54) is 33.3 Å². The second kappa shape index (κ2) is 576. The van der Waals surface area contributed by atoms with E-state index in [0.29, 0.717) is 6.54 Å². The number of carbonyl (C=O) groups is 2. The number of carbonyl (C=O) groups excluding carboxylic acids is 4. The first-order valence-electron chi connectivity index (χ1n) is 22.3. The number of urea groups is 2. The SMILES string of the molecule is CC.CC.CC.CC.CC.CC.CC.CC.CC.CC.CCCN.CCCN.CCCN=C=O.CCCNC(=O)NC.CN.CN.CN1CCNC1=O.CN=C=O.[B].[B].[B].[B].[B].[CH3-].[CH3-].[CH3-].[CH3-].[CH3-].[CH3-].[CH3-].[CH3-].[CH3-].[CH3-].[U+2].[U+2].[U+2].[U+2].[U+2]. The van der Waals surface area contributed by atoms with Gasteiger partial charge in [0.1, 0.15) is 0 Å². The zero-order chi connectivity index (χ0) is 50.8. The van der Waals surface area contributed by atoms with E-state index >= 15 is 0 Å². The van der Waals surface area contributed by atoms with Crippen LogP contribution in [0.4, 0.5) is 9.59 Å². The molecular formula is C53H148B5N10O4U5. The average Bonchev–Trinajstić information content (AvgIpc) is 3.73. The molecule has 15 radical (unpaired) electrons. The second-order valence-corrected chi connectivity index (χ2v) is 6.02. The molecule has 1 aliphatic rings. The molecule has 1 fully saturated rings. The molecule has 0 aliphatic carbocycles. The van der Waals surface area contributed by atoms with Gasteiger partial charge in [0.15, 0.2) is 0 Å². The van der Waals surface area contributed by atoms with Crippen molar-refractivity contribution < 1.29 is 175 Å². The van der Waals surface area contributed by atoms with Crippen LogP contribution in [0.1, 0.15) is 192 Å². The van der Waals surface area contributed by atoms with E-state index in [4.69, 9.17) is 16.3 Å². The maximum Gasteiger partial charge on any atom is 2.00 e. The fourth-order valence-corrected chi connectivity index (χ4v) is 1.05. The van der Waals surface area contributed by atoms with Gasteiger partial charge in [-0.2, -0.15) is 0 Å². The first kappa shape index (κ1) is 271. The average molecular weight is 2230 g/mol. The van der Waals surface area contributed by atoms with E-state index in [0.717, 1.165) is 58.4 Å². The Morgan fingerprint density at radius 2 is 0.727 bits per heavy atom. The van der Waals surface area contributed by atoms with Gasteiger partial charge in [-0.05, 0) is 52.9 Å². The van der Waals surface area contributed by atoms with Crippen molar-refractivity contribution in [3.8, 4) is 0 Å². The van der Waals surface area contributed by atoms with Crippen molar-refractivity contribution in [1.82, 2.24) is 20.9 Å². The Morgan fingerprint density at radius 3 is 0.792 bits per heavy atom. The topological polar surface area (TPSA) is 236 Å². The molecule has 1 saturated heterocycles. The third-order valence-electron chi connectivity index (χ3n) is 2.90. The molecule has 0 bridgehead atoms. The summed E-state index contributed by atoms with van der Waals surface area (Å²) in [6.07, 6.45) is 6.85. The van der Waals surface area contributed by atoms with Crippen molar-refractivity contribution in [1.29, 1.82) is 0 Å². The van der Waals surface area contributed by atoms with Gasteiger partial charge in [-0.25, -0.2) is 29.2 Å². The summed E-state index contributed by atoms with van der Waals surface area (Å²) in [4.78, 5) is 46.8. The van der Waals surface area contributed by atoms with Gasteiger partial charge >= 0.3 is 168 Å². The van der Waals surface area contributed by atoms with Crippen molar-refractivity contribution in [2.24, 2.45) is 32.9 Å². The van der Waals surface area contributed by atoms with Crippen molar-refractivity contribution in [3.63, 3.8) is 0 Å². The number of isocyanates is 2. The predicted octanol–water partition coefficient (Wildman–Crippen LogP) is 13.4. The first-order chi connectivity index (χ1) is 27.8. The zero-order valence-electron chi connectivity index (χ0n) is 60.2. The second-order valence-electron chi connectivity index (χ2n) is 6.02. The van der Waals surface area contributed by atoms with E-state index in [9.17, 15) is 14.4 Å². The van der Waals surface area contributed by atoms with Crippen LogP contribution in [0.3, 0.4) is 0 Å². The van der Waals surface area contributed by atoms with Gasteiger partial charge in [-0.15, -0.1) is 0 Å². The van der Waals surface area contributed by atoms with Crippen LogP contribution in [0.15, 0.2) is 9.98 Å². The van der Waals surface area contributed by atoms with E-state index < -0.39 is 0 Å². The van der Waals surface area contributed by atoms with Crippen LogP contribution in [0, 0.1) is 230 Å². The molecule has 0 aromatic carbocycles. The van der Waals surface area contributed by atoms with Crippen LogP contribution in [-0.4, -0.2) is 146 Å². The summed E-state index contributed by atoms with van der Waals surface area (Å²) >= 11 is 0. The van der Waals surface area contributed by atoms with E-state index in [-0.39, 0.29) is 284 Å². The van der Waals surface area contributed by atoms with Crippen LogP contribution >= 0.6 is 0 Å². The number of rotatable bonds is 6. The minimum Gasteiger partial charge on any atom is -0.358 e. The predicted molar refractivity (Wildman–Crippen MR) is 361 cm³/mol. The van der Waals surface area contributed by atoms with Gasteiger partial charge < -0.3 is 118 Å². The van der Waals surface area contributed by atoms with Gasteiger partial charge in [0.25, 0.3) is 0 Å². The monoisotopic (exact) mass is 2230 g/mol. The van der Waals surface area contributed by atoms with Crippen molar-refractivity contribution >= 4 is 66.3 Å². The number of nitrogens with one attached hydrogen (secondary N) is 3. The molecule has 24 heteroatoms. The maximum absolute atomic E-state index is 10.4. The summed E-state index contributed by atoms with van der Waals surface area (Å²) in [5, 5.41) is 7.74. The number of nitrogens with two attached hydrogens (primary N) is 4. The number of nitrogens with zero attached hydrogens (tertiary/aromatic N) is 3. The summed E-state index contributed by atoms with van der Waals surface area (Å²) in [5.41, 5.74) is 19.1. The third-order valence-corrected chi connectivity index (χ3v) is 2.90. The molecule has 0 aromatic rings. The smallest absolute Gasteiger partial charge is 0.358 e. The maximum atomic E-state index is 10.4.